The maximum atomic E-state index is 6.55. The molecule has 1 fully saturated rings. The quantitative estimate of drug-likeness (QED) is 0.411. The summed E-state index contributed by atoms with van der Waals surface area (Å²) < 4.78 is 22.9. The van der Waals surface area contributed by atoms with Crippen LogP contribution in [0.3, 0.4) is 0 Å². The van der Waals surface area contributed by atoms with Crippen LogP contribution in [-0.4, -0.2) is 51.7 Å². The minimum absolute atomic E-state index is 0.530. The minimum atomic E-state index is -2.36. The third-order valence-corrected chi connectivity index (χ3v) is 25.3. The van der Waals surface area contributed by atoms with Crippen LogP contribution in [0.5, 0.6) is 0 Å². The fourth-order valence-corrected chi connectivity index (χ4v) is 11.8. The SMILES string of the molecule is CO[Si](CCCCCCC1CC[Si](C)(C)[Si](C)(C)O1)(OC)OC. The van der Waals surface area contributed by atoms with Gasteiger partial charge in [0.1, 0.15) is 0 Å². The van der Waals surface area contributed by atoms with E-state index in [-0.39, 0.29) is 0 Å². The molecular formula is C16H38O4Si3. The second-order valence-electron chi connectivity index (χ2n) is 7.92. The predicted molar refractivity (Wildman–Crippen MR) is 104 cm³/mol. The Bertz CT molecular complexity index is 338. The molecule has 0 spiro atoms. The highest BCUT2D eigenvalue weighted by Gasteiger charge is 2.47. The van der Waals surface area contributed by atoms with E-state index < -0.39 is 24.2 Å². The molecule has 0 amide bonds. The van der Waals surface area contributed by atoms with Crippen LogP contribution in [0.25, 0.3) is 0 Å². The summed E-state index contributed by atoms with van der Waals surface area (Å²) in [6, 6.07) is 2.37. The molecule has 0 aromatic heterocycles. The van der Waals surface area contributed by atoms with E-state index in [4.69, 9.17) is 17.7 Å². The maximum absolute atomic E-state index is 6.55. The van der Waals surface area contributed by atoms with Crippen molar-refractivity contribution in [3.05, 3.63) is 0 Å². The fraction of sp³-hybridized carbons (Fsp3) is 1.00. The van der Waals surface area contributed by atoms with Crippen molar-refractivity contribution in [1.82, 2.24) is 0 Å². The van der Waals surface area contributed by atoms with Crippen LogP contribution in [0.4, 0.5) is 0 Å². The van der Waals surface area contributed by atoms with E-state index in [1.165, 1.54) is 38.1 Å². The molecule has 7 heteroatoms. The Kier molecular flexibility index (Phi) is 8.67. The zero-order chi connectivity index (χ0) is 17.6. The average molecular weight is 379 g/mol. The van der Waals surface area contributed by atoms with Gasteiger partial charge in [-0.05, 0) is 32.4 Å². The predicted octanol–water partition coefficient (Wildman–Crippen LogP) is 4.60. The summed E-state index contributed by atoms with van der Waals surface area (Å²) >= 11 is 0. The van der Waals surface area contributed by atoms with Crippen molar-refractivity contribution in [2.75, 3.05) is 21.3 Å². The van der Waals surface area contributed by atoms with Crippen LogP contribution in [-0.2, 0) is 17.7 Å². The lowest BCUT2D eigenvalue weighted by atomic mass is 10.1. The Labute approximate surface area is 146 Å². The van der Waals surface area contributed by atoms with Crippen LogP contribution in [0.1, 0.15) is 38.5 Å². The molecule has 0 aromatic rings. The van der Waals surface area contributed by atoms with Gasteiger partial charge in [-0.15, -0.1) is 0 Å². The second kappa shape index (κ2) is 9.26. The van der Waals surface area contributed by atoms with Crippen molar-refractivity contribution in [3.8, 4) is 0 Å². The van der Waals surface area contributed by atoms with Crippen LogP contribution >= 0.6 is 0 Å². The van der Waals surface area contributed by atoms with Gasteiger partial charge in [-0.2, -0.15) is 0 Å². The van der Waals surface area contributed by atoms with Crippen LogP contribution in [0.15, 0.2) is 0 Å². The van der Waals surface area contributed by atoms with Crippen molar-refractivity contribution in [2.45, 2.75) is 82.9 Å². The molecule has 0 saturated carbocycles. The fourth-order valence-electron chi connectivity index (χ4n) is 3.28. The topological polar surface area (TPSA) is 36.9 Å². The van der Waals surface area contributed by atoms with E-state index in [1.54, 1.807) is 21.3 Å². The third-order valence-electron chi connectivity index (χ3n) is 5.87. The van der Waals surface area contributed by atoms with Crippen molar-refractivity contribution in [3.63, 3.8) is 0 Å². The van der Waals surface area contributed by atoms with E-state index in [0.29, 0.717) is 6.10 Å². The zero-order valence-corrected chi connectivity index (χ0v) is 19.4. The molecule has 0 aliphatic carbocycles. The van der Waals surface area contributed by atoms with Gasteiger partial charge in [0.2, 0.25) is 0 Å². The van der Waals surface area contributed by atoms with Crippen molar-refractivity contribution < 1.29 is 17.7 Å². The minimum Gasteiger partial charge on any atom is -0.417 e. The number of hydrogen-bond donors (Lipinski definition) is 0. The van der Waals surface area contributed by atoms with Gasteiger partial charge in [0.05, 0.1) is 7.59 Å². The normalized spacial score (nSPS) is 23.9. The highest BCUT2D eigenvalue weighted by Crippen LogP contribution is 2.35. The summed E-state index contributed by atoms with van der Waals surface area (Å²) in [5.41, 5.74) is 0. The van der Waals surface area contributed by atoms with Crippen LogP contribution in [0, 0.1) is 0 Å². The lowest BCUT2D eigenvalue weighted by molar-refractivity contribution is 0.122. The molecule has 1 unspecified atom stereocenters. The molecular weight excluding hydrogens is 340 g/mol. The molecule has 1 rings (SSSR count). The van der Waals surface area contributed by atoms with Gasteiger partial charge in [0.15, 0.2) is 7.83 Å². The largest absolute Gasteiger partial charge is 0.500 e. The van der Waals surface area contributed by atoms with Crippen molar-refractivity contribution in [2.24, 2.45) is 0 Å². The molecule has 1 saturated heterocycles. The first-order chi connectivity index (χ1) is 10.7. The molecule has 1 atom stereocenters. The van der Waals surface area contributed by atoms with Gasteiger partial charge in [-0.3, -0.25) is 0 Å². The highest BCUT2D eigenvalue weighted by atomic mass is 29.3. The summed E-state index contributed by atoms with van der Waals surface area (Å²) in [7, 11) is 0.237. The average Bonchev–Trinajstić information content (AvgIpc) is 2.51. The zero-order valence-electron chi connectivity index (χ0n) is 16.4. The molecule has 0 aromatic carbocycles. The molecule has 1 aliphatic rings. The monoisotopic (exact) mass is 378 g/mol. The smallest absolute Gasteiger partial charge is 0.417 e. The summed E-state index contributed by atoms with van der Waals surface area (Å²) in [5, 5.41) is 0. The Morgan fingerprint density at radius 1 is 0.913 bits per heavy atom. The van der Waals surface area contributed by atoms with E-state index >= 15 is 0 Å². The van der Waals surface area contributed by atoms with E-state index in [2.05, 4.69) is 26.2 Å². The van der Waals surface area contributed by atoms with E-state index in [9.17, 15) is 0 Å². The Hall–Kier alpha value is 0.491. The molecule has 0 radical (unpaired) electrons. The summed E-state index contributed by atoms with van der Waals surface area (Å²) in [6.07, 6.45) is 7.95. The van der Waals surface area contributed by atoms with Gasteiger partial charge in [-0.1, -0.05) is 38.4 Å². The van der Waals surface area contributed by atoms with Crippen LogP contribution < -0.4 is 0 Å². The first-order valence-corrected chi connectivity index (χ1v) is 18.1. The molecule has 138 valence electrons. The van der Waals surface area contributed by atoms with Gasteiger partial charge < -0.3 is 17.7 Å². The lowest BCUT2D eigenvalue weighted by Crippen LogP contribution is -2.61. The Morgan fingerprint density at radius 3 is 2.00 bits per heavy atom. The number of rotatable bonds is 10. The third kappa shape index (κ3) is 6.06. The Morgan fingerprint density at radius 2 is 1.48 bits per heavy atom. The molecule has 0 N–H and O–H groups in total. The first-order valence-electron chi connectivity index (χ1n) is 9.05. The van der Waals surface area contributed by atoms with Gasteiger partial charge in [0.25, 0.3) is 0 Å². The summed E-state index contributed by atoms with van der Waals surface area (Å²) in [4.78, 5) is 0. The van der Waals surface area contributed by atoms with E-state index in [1.807, 2.05) is 0 Å². The molecule has 23 heavy (non-hydrogen) atoms. The van der Waals surface area contributed by atoms with Crippen molar-refractivity contribution in [1.29, 1.82) is 0 Å². The standard InChI is InChI=1S/C16H38O4Si3/c1-17-23(18-2,19-3)14-11-9-8-10-12-16-13-15-21(4,5)22(6,7)20-16/h16H,8-15H2,1-7H3. The summed E-state index contributed by atoms with van der Waals surface area (Å²) in [5.74, 6) is 0. The van der Waals surface area contributed by atoms with Gasteiger partial charge in [-0.25, -0.2) is 0 Å². The van der Waals surface area contributed by atoms with E-state index in [0.717, 1.165) is 12.5 Å². The first kappa shape index (κ1) is 21.5. The van der Waals surface area contributed by atoms with Crippen molar-refractivity contribution >= 4 is 24.2 Å². The lowest BCUT2D eigenvalue weighted by Gasteiger charge is -2.45. The summed E-state index contributed by atoms with van der Waals surface area (Å²) in [6.45, 7) is 9.92. The number of hydrogen-bond acceptors (Lipinski definition) is 4. The van der Waals surface area contributed by atoms with Gasteiger partial charge >= 0.3 is 8.80 Å². The number of unbranched alkanes of at least 4 members (excludes halogenated alkanes) is 3. The van der Waals surface area contributed by atoms with Crippen LogP contribution in [0.2, 0.25) is 38.3 Å². The molecule has 4 nitrogen and oxygen atoms in total. The highest BCUT2D eigenvalue weighted by molar-refractivity contribution is 7.38. The molecule has 0 bridgehead atoms. The second-order valence-corrected chi connectivity index (χ2v) is 26.2. The maximum Gasteiger partial charge on any atom is 0.500 e. The Balaban J connectivity index is 2.19. The van der Waals surface area contributed by atoms with Gasteiger partial charge in [0, 0.05) is 33.5 Å². The molecule has 1 heterocycles. The molecule has 1 aliphatic heterocycles.